The molecule has 0 bridgehead atoms. The topological polar surface area (TPSA) is 121 Å². The van der Waals surface area contributed by atoms with Crippen molar-refractivity contribution in [2.45, 2.75) is 38.6 Å². The van der Waals surface area contributed by atoms with Gasteiger partial charge in [-0.15, -0.1) is 0 Å². The number of carboxylic acid groups (broad SMARTS) is 1. The first-order valence-corrected chi connectivity index (χ1v) is 6.72. The molecule has 0 radical (unpaired) electrons. The monoisotopic (exact) mass is 282 g/mol. The Kier molecular flexibility index (Phi) is 6.72. The summed E-state index contributed by atoms with van der Waals surface area (Å²) in [6, 6.07) is -0.937. The fourth-order valence-electron chi connectivity index (χ4n) is 1.89. The Morgan fingerprint density at radius 3 is 2.80 bits per heavy atom. The van der Waals surface area contributed by atoms with E-state index in [9.17, 15) is 9.59 Å². The first kappa shape index (κ1) is 16.2. The van der Waals surface area contributed by atoms with Crippen LogP contribution < -0.4 is 11.1 Å². The number of nitrogens with one attached hydrogen (secondary N) is 2. The fraction of sp³-hybridized carbons (Fsp3) is 0.615. The predicted molar refractivity (Wildman–Crippen MR) is 73.9 cm³/mol. The Morgan fingerprint density at radius 2 is 2.25 bits per heavy atom. The lowest BCUT2D eigenvalue weighted by atomic mass is 10.0. The van der Waals surface area contributed by atoms with Gasteiger partial charge in [-0.3, -0.25) is 4.79 Å². The Morgan fingerprint density at radius 1 is 1.50 bits per heavy atom. The van der Waals surface area contributed by atoms with Crippen LogP contribution in [0.5, 0.6) is 0 Å². The van der Waals surface area contributed by atoms with E-state index in [2.05, 4.69) is 15.3 Å². The van der Waals surface area contributed by atoms with Crippen molar-refractivity contribution in [2.24, 2.45) is 11.7 Å². The summed E-state index contributed by atoms with van der Waals surface area (Å²) in [5.74, 6) is -0.939. The maximum Gasteiger partial charge on any atom is 0.326 e. The standard InChI is InChI=1S/C13H22N4O3/c1-9(4-5-14)2-3-12(18)17-11(13(19)20)6-10-7-15-8-16-10/h7-9,11H,2-6,14H2,1H3,(H,15,16)(H,17,18)(H,19,20). The zero-order chi connectivity index (χ0) is 15.0. The highest BCUT2D eigenvalue weighted by Crippen LogP contribution is 2.09. The van der Waals surface area contributed by atoms with Gasteiger partial charge in [-0.2, -0.15) is 0 Å². The number of nitrogens with two attached hydrogens (primary N) is 1. The van der Waals surface area contributed by atoms with Crippen molar-refractivity contribution >= 4 is 11.9 Å². The number of hydrogen-bond donors (Lipinski definition) is 4. The van der Waals surface area contributed by atoms with Gasteiger partial charge in [-0.1, -0.05) is 6.92 Å². The summed E-state index contributed by atoms with van der Waals surface area (Å²) < 4.78 is 0. The summed E-state index contributed by atoms with van der Waals surface area (Å²) in [5, 5.41) is 11.7. The highest BCUT2D eigenvalue weighted by molar-refractivity contribution is 5.83. The van der Waals surface area contributed by atoms with E-state index >= 15 is 0 Å². The second-order valence-corrected chi connectivity index (χ2v) is 4.96. The van der Waals surface area contributed by atoms with Gasteiger partial charge < -0.3 is 21.1 Å². The molecule has 0 aliphatic rings. The first-order chi connectivity index (χ1) is 9.52. The SMILES string of the molecule is CC(CCN)CCC(=O)NC(Cc1cnc[nH]1)C(=O)O. The number of aromatic amines is 1. The van der Waals surface area contributed by atoms with E-state index < -0.39 is 12.0 Å². The Hall–Kier alpha value is -1.89. The summed E-state index contributed by atoms with van der Waals surface area (Å²) in [5.41, 5.74) is 6.12. The molecule has 7 heteroatoms. The highest BCUT2D eigenvalue weighted by Gasteiger charge is 2.21. The van der Waals surface area contributed by atoms with Crippen LogP contribution in [0.2, 0.25) is 0 Å². The molecule has 1 rings (SSSR count). The van der Waals surface area contributed by atoms with Crippen LogP contribution in [0.25, 0.3) is 0 Å². The predicted octanol–water partition coefficient (Wildman–Crippen LogP) is 0.287. The third-order valence-electron chi connectivity index (χ3n) is 3.14. The van der Waals surface area contributed by atoms with Gasteiger partial charge in [0.15, 0.2) is 0 Å². The minimum Gasteiger partial charge on any atom is -0.480 e. The minimum atomic E-state index is -1.05. The number of hydrogen-bond acceptors (Lipinski definition) is 4. The molecule has 1 heterocycles. The van der Waals surface area contributed by atoms with Gasteiger partial charge in [-0.05, 0) is 25.3 Å². The van der Waals surface area contributed by atoms with E-state index in [4.69, 9.17) is 10.8 Å². The molecule has 20 heavy (non-hydrogen) atoms. The molecule has 1 amide bonds. The van der Waals surface area contributed by atoms with Crippen LogP contribution in [0.1, 0.15) is 31.9 Å². The molecular weight excluding hydrogens is 260 g/mol. The van der Waals surface area contributed by atoms with Gasteiger partial charge in [0.1, 0.15) is 6.04 Å². The van der Waals surface area contributed by atoms with Gasteiger partial charge in [0.05, 0.1) is 6.33 Å². The molecule has 1 aromatic rings. The van der Waals surface area contributed by atoms with E-state index in [1.165, 1.54) is 6.33 Å². The number of amides is 1. The van der Waals surface area contributed by atoms with Crippen LogP contribution in [-0.4, -0.2) is 39.5 Å². The van der Waals surface area contributed by atoms with E-state index in [-0.39, 0.29) is 12.3 Å². The van der Waals surface area contributed by atoms with Crippen molar-refractivity contribution in [3.05, 3.63) is 18.2 Å². The molecule has 0 saturated carbocycles. The number of aromatic nitrogens is 2. The van der Waals surface area contributed by atoms with Gasteiger partial charge in [0.25, 0.3) is 0 Å². The second-order valence-electron chi connectivity index (χ2n) is 4.96. The molecule has 7 nitrogen and oxygen atoms in total. The lowest BCUT2D eigenvalue weighted by Gasteiger charge is -2.15. The molecule has 0 fully saturated rings. The Labute approximate surface area is 118 Å². The molecular formula is C13H22N4O3. The van der Waals surface area contributed by atoms with Crippen molar-refractivity contribution in [3.63, 3.8) is 0 Å². The van der Waals surface area contributed by atoms with Gasteiger partial charge in [-0.25, -0.2) is 9.78 Å². The maximum atomic E-state index is 11.8. The van der Waals surface area contributed by atoms with Gasteiger partial charge >= 0.3 is 5.97 Å². The van der Waals surface area contributed by atoms with Crippen LogP contribution in [0.4, 0.5) is 0 Å². The smallest absolute Gasteiger partial charge is 0.326 e. The Bertz CT molecular complexity index is 419. The number of carbonyl (C=O) groups excluding carboxylic acids is 1. The van der Waals surface area contributed by atoms with Crippen molar-refractivity contribution in [2.75, 3.05) is 6.54 Å². The molecule has 112 valence electrons. The summed E-state index contributed by atoms with van der Waals surface area (Å²) in [6.45, 7) is 2.62. The number of rotatable bonds is 9. The lowest BCUT2D eigenvalue weighted by molar-refractivity contribution is -0.141. The average molecular weight is 282 g/mol. The number of nitrogens with zero attached hydrogens (tertiary/aromatic N) is 1. The average Bonchev–Trinajstić information content (AvgIpc) is 2.89. The van der Waals surface area contributed by atoms with E-state index in [1.807, 2.05) is 6.92 Å². The maximum absolute atomic E-state index is 11.8. The number of aliphatic carboxylic acids is 1. The molecule has 0 saturated heterocycles. The van der Waals surface area contributed by atoms with Crippen LogP contribution >= 0.6 is 0 Å². The fourth-order valence-corrected chi connectivity index (χ4v) is 1.89. The van der Waals surface area contributed by atoms with E-state index in [1.54, 1.807) is 6.20 Å². The summed E-state index contributed by atoms with van der Waals surface area (Å²) in [4.78, 5) is 29.5. The number of imidazole rings is 1. The van der Waals surface area contributed by atoms with E-state index in [0.717, 1.165) is 6.42 Å². The number of H-pyrrole nitrogens is 1. The summed E-state index contributed by atoms with van der Waals surface area (Å²) >= 11 is 0. The minimum absolute atomic E-state index is 0.194. The molecule has 2 unspecified atom stereocenters. The summed E-state index contributed by atoms with van der Waals surface area (Å²) in [7, 11) is 0. The number of carbonyl (C=O) groups is 2. The summed E-state index contributed by atoms with van der Waals surface area (Å²) in [6.07, 6.45) is 5.10. The van der Waals surface area contributed by atoms with Crippen LogP contribution in [0.15, 0.2) is 12.5 Å². The molecule has 0 aliphatic heterocycles. The van der Waals surface area contributed by atoms with Crippen molar-refractivity contribution in [1.82, 2.24) is 15.3 Å². The van der Waals surface area contributed by atoms with Crippen molar-refractivity contribution in [1.29, 1.82) is 0 Å². The van der Waals surface area contributed by atoms with Crippen LogP contribution in [0.3, 0.4) is 0 Å². The molecule has 2 atom stereocenters. The largest absolute Gasteiger partial charge is 0.480 e. The first-order valence-electron chi connectivity index (χ1n) is 6.72. The molecule has 0 aromatic carbocycles. The zero-order valence-corrected chi connectivity index (χ0v) is 11.6. The molecule has 0 spiro atoms. The third-order valence-corrected chi connectivity index (χ3v) is 3.14. The van der Waals surface area contributed by atoms with Gasteiger partial charge in [0.2, 0.25) is 5.91 Å². The molecule has 0 aliphatic carbocycles. The van der Waals surface area contributed by atoms with Gasteiger partial charge in [0, 0.05) is 24.7 Å². The number of carboxylic acids is 1. The molecule has 5 N–H and O–H groups in total. The second kappa shape index (κ2) is 8.31. The zero-order valence-electron chi connectivity index (χ0n) is 11.6. The van der Waals surface area contributed by atoms with Crippen LogP contribution in [0, 0.1) is 5.92 Å². The Balaban J connectivity index is 2.41. The third kappa shape index (κ3) is 5.83. The van der Waals surface area contributed by atoms with Crippen molar-refractivity contribution in [3.8, 4) is 0 Å². The van der Waals surface area contributed by atoms with E-state index in [0.29, 0.717) is 31.0 Å². The quantitative estimate of drug-likeness (QED) is 0.518. The highest BCUT2D eigenvalue weighted by atomic mass is 16.4. The molecule has 1 aromatic heterocycles. The normalized spacial score (nSPS) is 13.7. The van der Waals surface area contributed by atoms with Crippen LogP contribution in [-0.2, 0) is 16.0 Å². The van der Waals surface area contributed by atoms with Crippen molar-refractivity contribution < 1.29 is 14.7 Å². The lowest BCUT2D eigenvalue weighted by Crippen LogP contribution is -2.42.